The van der Waals surface area contributed by atoms with Crippen LogP contribution in [0.25, 0.3) is 0 Å². The molecule has 0 unspecified atom stereocenters. The Balaban J connectivity index is 5.51. The summed E-state index contributed by atoms with van der Waals surface area (Å²) >= 11 is 0. The smallest absolute Gasteiger partial charge is 0.267 e. The lowest BCUT2D eigenvalue weighted by molar-refractivity contribution is 0.318. The Morgan fingerprint density at radius 1 is 0.591 bits per heavy atom. The first-order valence-corrected chi connectivity index (χ1v) is 10.1. The number of allylic oxidation sites excluding steroid dienone is 3. The van der Waals surface area contributed by atoms with Gasteiger partial charge in [0, 0.05) is 0 Å². The maximum atomic E-state index is 11.4. The highest BCUT2D eigenvalue weighted by Crippen LogP contribution is 2.11. The molecule has 126 valence electrons. The number of hydrogen-bond acceptors (Lipinski definition) is 9. The minimum Gasteiger partial charge on any atom is -0.267 e. The van der Waals surface area contributed by atoms with Gasteiger partial charge in [0.2, 0.25) is 0 Å². The highest BCUT2D eigenvalue weighted by atomic mass is 32.2. The Bertz CT molecular complexity index is 640. The first kappa shape index (κ1) is 21.0. The number of rotatable bonds is 9. The topological polar surface area (TPSA) is 130 Å². The largest absolute Gasteiger partial charge is 0.685 e. The molecule has 0 aromatic rings. The second kappa shape index (κ2) is 8.60. The third kappa shape index (κ3) is 9.12. The molecule has 0 bridgehead atoms. The van der Waals surface area contributed by atoms with Crippen LogP contribution in [-0.4, -0.2) is 32.6 Å². The van der Waals surface area contributed by atoms with Crippen molar-refractivity contribution in [2.45, 2.75) is 20.8 Å². The molecule has 0 aliphatic carbocycles. The zero-order valence-corrected chi connectivity index (χ0v) is 14.4. The van der Waals surface area contributed by atoms with E-state index < -0.39 is 37.7 Å². The molecule has 0 aromatic heterocycles. The molecule has 0 aliphatic rings. The van der Waals surface area contributed by atoms with Gasteiger partial charge in [0.05, 0.1) is 16.2 Å². The zero-order chi connectivity index (χ0) is 17.4. The Morgan fingerprint density at radius 3 is 1.00 bits per heavy atom. The van der Waals surface area contributed by atoms with E-state index in [0.29, 0.717) is 16.2 Å². The molecule has 0 aliphatic heterocycles. The van der Waals surface area contributed by atoms with Crippen LogP contribution in [0.4, 0.5) is 0 Å². The van der Waals surface area contributed by atoms with Crippen LogP contribution in [0.3, 0.4) is 0 Å². The fourth-order valence-electron chi connectivity index (χ4n) is 0.973. The molecule has 0 heterocycles. The monoisotopic (exact) mass is 374 g/mol. The number of hydrogen-bond donors (Lipinski definition) is 0. The van der Waals surface area contributed by atoms with Gasteiger partial charge in [-0.05, 0) is 20.8 Å². The highest BCUT2D eigenvalue weighted by molar-refractivity contribution is 7.93. The van der Waals surface area contributed by atoms with Crippen molar-refractivity contribution in [1.82, 2.24) is 0 Å². The van der Waals surface area contributed by atoms with Gasteiger partial charge in [0.25, 0.3) is 30.4 Å². The van der Waals surface area contributed by atoms with E-state index in [9.17, 15) is 25.3 Å². The lowest BCUT2D eigenvalue weighted by Gasteiger charge is -2.10. The fraction of sp³-hybridized carbons (Fsp3) is 0.333. The summed E-state index contributed by atoms with van der Waals surface area (Å²) in [5.41, 5.74) is 0. The molecule has 0 spiro atoms. The van der Waals surface area contributed by atoms with Crippen LogP contribution in [0.5, 0.6) is 0 Å². The summed E-state index contributed by atoms with van der Waals surface area (Å²) < 4.78 is 81.4. The van der Waals surface area contributed by atoms with Crippen LogP contribution in [0, 0.1) is 0 Å². The summed E-state index contributed by atoms with van der Waals surface area (Å²) in [7, 11) is -15.8. The molecule has 0 rings (SSSR count). The molecule has 9 nitrogen and oxygen atoms in total. The highest BCUT2D eigenvalue weighted by Gasteiger charge is 2.37. The minimum atomic E-state index is -4.41. The standard InChI is InChI=1S/C9H15BO9S3/c1-4-7-20(11,12)17-10(18-21(13,14)8-5-2)19-22(15,16)9-6-3/h4-9H,1-3H3. The van der Waals surface area contributed by atoms with Gasteiger partial charge >= 0.3 is 7.32 Å². The molecule has 0 aromatic carbocycles. The van der Waals surface area contributed by atoms with E-state index in [-0.39, 0.29) is 0 Å². The Kier molecular flexibility index (Phi) is 8.21. The molecule has 0 fully saturated rings. The van der Waals surface area contributed by atoms with Gasteiger partial charge in [0.15, 0.2) is 0 Å². The Hall–Kier alpha value is -0.985. The van der Waals surface area contributed by atoms with Crippen LogP contribution in [-0.2, 0) is 42.7 Å². The quantitative estimate of drug-likeness (QED) is 0.533. The van der Waals surface area contributed by atoms with E-state index in [2.05, 4.69) is 12.3 Å². The summed E-state index contributed by atoms with van der Waals surface area (Å²) in [4.78, 5) is 0. The lowest BCUT2D eigenvalue weighted by atomic mass is 10.3. The summed E-state index contributed by atoms with van der Waals surface area (Å²) in [5, 5.41) is 1.70. The molecular formula is C9H15BO9S3. The SMILES string of the molecule is CC=CS(=O)(=O)OB(OS(=O)(=O)C=CC)OS(=O)(=O)C=CC. The summed E-state index contributed by atoms with van der Waals surface area (Å²) in [6, 6.07) is 0. The normalized spacial score (nSPS) is 14.3. The maximum Gasteiger partial charge on any atom is 0.685 e. The van der Waals surface area contributed by atoms with Crippen molar-refractivity contribution in [3.05, 3.63) is 34.5 Å². The van der Waals surface area contributed by atoms with E-state index in [1.165, 1.54) is 20.8 Å². The van der Waals surface area contributed by atoms with Crippen molar-refractivity contribution in [2.75, 3.05) is 0 Å². The first-order valence-electron chi connectivity index (χ1n) is 5.65. The third-order valence-electron chi connectivity index (χ3n) is 1.55. The van der Waals surface area contributed by atoms with Crippen molar-refractivity contribution < 1.29 is 37.6 Å². The molecule has 13 heteroatoms. The van der Waals surface area contributed by atoms with Crippen molar-refractivity contribution in [2.24, 2.45) is 0 Å². The van der Waals surface area contributed by atoms with Crippen LogP contribution < -0.4 is 0 Å². The van der Waals surface area contributed by atoms with Crippen molar-refractivity contribution in [1.29, 1.82) is 0 Å². The predicted molar refractivity (Wildman–Crippen MR) is 80.2 cm³/mol. The maximum absolute atomic E-state index is 11.4. The van der Waals surface area contributed by atoms with E-state index in [4.69, 9.17) is 0 Å². The molecule has 0 amide bonds. The second-order valence-electron chi connectivity index (χ2n) is 3.46. The van der Waals surface area contributed by atoms with Crippen molar-refractivity contribution in [3.63, 3.8) is 0 Å². The summed E-state index contributed by atoms with van der Waals surface area (Å²) in [5.74, 6) is 0. The Morgan fingerprint density at radius 2 is 0.818 bits per heavy atom. The fourth-order valence-corrected chi connectivity index (χ4v) is 3.21. The van der Waals surface area contributed by atoms with Gasteiger partial charge in [-0.15, -0.1) is 0 Å². The van der Waals surface area contributed by atoms with Gasteiger partial charge in [0.1, 0.15) is 0 Å². The average Bonchev–Trinajstić information content (AvgIpc) is 2.25. The molecule has 0 saturated carbocycles. The molecular weight excluding hydrogens is 359 g/mol. The molecule has 22 heavy (non-hydrogen) atoms. The van der Waals surface area contributed by atoms with Crippen LogP contribution in [0.1, 0.15) is 20.8 Å². The molecule has 0 radical (unpaired) electrons. The van der Waals surface area contributed by atoms with E-state index in [1.807, 2.05) is 0 Å². The summed E-state index contributed by atoms with van der Waals surface area (Å²) in [6.07, 6.45) is 3.23. The second-order valence-corrected chi connectivity index (χ2v) is 7.81. The predicted octanol–water partition coefficient (Wildman–Crippen LogP) is 0.611. The van der Waals surface area contributed by atoms with E-state index >= 15 is 0 Å². The van der Waals surface area contributed by atoms with E-state index in [1.54, 1.807) is 0 Å². The van der Waals surface area contributed by atoms with E-state index in [0.717, 1.165) is 18.2 Å². The third-order valence-corrected chi connectivity index (χ3v) is 4.64. The molecule has 0 atom stereocenters. The lowest BCUT2D eigenvalue weighted by Crippen LogP contribution is -2.33. The minimum absolute atomic E-state index is 0.567. The van der Waals surface area contributed by atoms with Crippen LogP contribution in [0.2, 0.25) is 0 Å². The van der Waals surface area contributed by atoms with Gasteiger partial charge in [-0.1, -0.05) is 18.2 Å². The van der Waals surface area contributed by atoms with Crippen LogP contribution >= 0.6 is 0 Å². The molecule has 0 N–H and O–H groups in total. The average molecular weight is 374 g/mol. The zero-order valence-electron chi connectivity index (χ0n) is 11.9. The van der Waals surface area contributed by atoms with Crippen molar-refractivity contribution >= 4 is 37.7 Å². The first-order chi connectivity index (χ1) is 9.97. The van der Waals surface area contributed by atoms with Crippen molar-refractivity contribution in [3.8, 4) is 0 Å². The summed E-state index contributed by atoms with van der Waals surface area (Å²) in [6.45, 7) is 4.06. The van der Waals surface area contributed by atoms with Gasteiger partial charge in [-0.25, -0.2) is 0 Å². The van der Waals surface area contributed by atoms with Gasteiger partial charge in [-0.2, -0.15) is 25.3 Å². The van der Waals surface area contributed by atoms with Crippen LogP contribution in [0.15, 0.2) is 34.5 Å². The van der Waals surface area contributed by atoms with Gasteiger partial charge in [-0.3, -0.25) is 12.3 Å². The Labute approximate surface area is 130 Å². The van der Waals surface area contributed by atoms with Gasteiger partial charge < -0.3 is 0 Å². The molecule has 0 saturated heterocycles.